The van der Waals surface area contributed by atoms with Crippen molar-refractivity contribution in [3.05, 3.63) is 77.6 Å². The lowest BCUT2D eigenvalue weighted by Gasteiger charge is -2.03. The van der Waals surface area contributed by atoms with Crippen LogP contribution in [0.1, 0.15) is 11.4 Å². The number of rotatable bonds is 2. The Kier molecular flexibility index (Phi) is 7.35. The average Bonchev–Trinajstić information content (AvgIpc) is 2.88. The first-order chi connectivity index (χ1) is 11.0. The molecule has 0 aliphatic heterocycles. The topological polar surface area (TPSA) is 55.9 Å². The zero-order valence-corrected chi connectivity index (χ0v) is 14.1. The Hall–Kier alpha value is -2.44. The Morgan fingerprint density at radius 1 is 0.917 bits per heavy atom. The third-order valence-electron chi connectivity index (χ3n) is 3.09. The standard InChI is InChI=1S/C11H11FN2.C6H7FN2.ClH/c1-8-7-9(2)14(13-8)11-5-3-10(12)4-6-11;7-5-1-3-6(9-8)4-2-5;/h3-7H,1-2H3;1-4,9H,8H2;1H. The van der Waals surface area contributed by atoms with Gasteiger partial charge in [0.25, 0.3) is 0 Å². The predicted octanol–water partition coefficient (Wildman–Crippen LogP) is 4.16. The van der Waals surface area contributed by atoms with E-state index in [1.807, 2.05) is 19.9 Å². The highest BCUT2D eigenvalue weighted by molar-refractivity contribution is 5.85. The van der Waals surface area contributed by atoms with Crippen LogP contribution in [0, 0.1) is 25.5 Å². The molecule has 0 bridgehead atoms. The van der Waals surface area contributed by atoms with Gasteiger partial charge in [-0.15, -0.1) is 12.4 Å². The van der Waals surface area contributed by atoms with Gasteiger partial charge >= 0.3 is 0 Å². The van der Waals surface area contributed by atoms with E-state index in [0.717, 1.165) is 17.1 Å². The zero-order valence-electron chi connectivity index (χ0n) is 13.3. The fourth-order valence-electron chi connectivity index (χ4n) is 2.02. The van der Waals surface area contributed by atoms with E-state index in [0.29, 0.717) is 5.69 Å². The molecule has 0 saturated heterocycles. The van der Waals surface area contributed by atoms with Crippen LogP contribution in [0.4, 0.5) is 14.5 Å². The third kappa shape index (κ3) is 5.33. The van der Waals surface area contributed by atoms with Gasteiger partial charge in [-0.1, -0.05) is 0 Å². The van der Waals surface area contributed by atoms with Gasteiger partial charge < -0.3 is 5.43 Å². The first-order valence-corrected chi connectivity index (χ1v) is 7.01. The first kappa shape index (κ1) is 19.6. The molecule has 1 aromatic heterocycles. The smallest absolute Gasteiger partial charge is 0.123 e. The fourth-order valence-corrected chi connectivity index (χ4v) is 2.02. The summed E-state index contributed by atoms with van der Waals surface area (Å²) in [6.07, 6.45) is 0. The molecule has 3 N–H and O–H groups in total. The van der Waals surface area contributed by atoms with E-state index >= 15 is 0 Å². The number of benzene rings is 2. The summed E-state index contributed by atoms with van der Waals surface area (Å²) in [5, 5.41) is 4.30. The molecule has 3 rings (SSSR count). The lowest BCUT2D eigenvalue weighted by molar-refractivity contribution is 0.626. The lowest BCUT2D eigenvalue weighted by atomic mass is 10.3. The number of anilines is 1. The summed E-state index contributed by atoms with van der Waals surface area (Å²) in [7, 11) is 0. The Labute approximate surface area is 145 Å². The summed E-state index contributed by atoms with van der Waals surface area (Å²) in [6, 6.07) is 14.1. The molecule has 24 heavy (non-hydrogen) atoms. The van der Waals surface area contributed by atoms with Gasteiger partial charge in [0.1, 0.15) is 11.6 Å². The van der Waals surface area contributed by atoms with Crippen LogP contribution in [0.3, 0.4) is 0 Å². The van der Waals surface area contributed by atoms with E-state index < -0.39 is 0 Å². The molecule has 0 aliphatic carbocycles. The third-order valence-corrected chi connectivity index (χ3v) is 3.09. The van der Waals surface area contributed by atoms with E-state index in [1.54, 1.807) is 28.9 Å². The van der Waals surface area contributed by atoms with Gasteiger partial charge in [-0.25, -0.2) is 13.5 Å². The van der Waals surface area contributed by atoms with Crippen LogP contribution in [0.25, 0.3) is 5.69 Å². The van der Waals surface area contributed by atoms with Crippen LogP contribution in [0.5, 0.6) is 0 Å². The van der Waals surface area contributed by atoms with Crippen LogP contribution >= 0.6 is 12.4 Å². The Morgan fingerprint density at radius 2 is 1.42 bits per heavy atom. The minimum absolute atomic E-state index is 0. The second-order valence-electron chi connectivity index (χ2n) is 4.97. The number of hydrogen-bond acceptors (Lipinski definition) is 3. The SMILES string of the molecule is Cc1cc(C)n(-c2ccc(F)cc2)n1.Cl.NNc1ccc(F)cc1. The normalized spacial score (nSPS) is 9.54. The highest BCUT2D eigenvalue weighted by Crippen LogP contribution is 2.12. The van der Waals surface area contributed by atoms with Crippen molar-refractivity contribution in [3.8, 4) is 5.69 Å². The minimum atomic E-state index is -0.256. The molecular formula is C17H19ClF2N4. The summed E-state index contributed by atoms with van der Waals surface area (Å²) in [4.78, 5) is 0. The van der Waals surface area contributed by atoms with E-state index in [9.17, 15) is 8.78 Å². The molecule has 0 atom stereocenters. The van der Waals surface area contributed by atoms with Crippen molar-refractivity contribution >= 4 is 18.1 Å². The maximum absolute atomic E-state index is 12.7. The molecule has 0 saturated carbocycles. The highest BCUT2D eigenvalue weighted by Gasteiger charge is 2.02. The second-order valence-corrected chi connectivity index (χ2v) is 4.97. The first-order valence-electron chi connectivity index (χ1n) is 7.01. The van der Waals surface area contributed by atoms with E-state index in [4.69, 9.17) is 5.84 Å². The molecule has 128 valence electrons. The van der Waals surface area contributed by atoms with Crippen molar-refractivity contribution in [2.24, 2.45) is 5.84 Å². The van der Waals surface area contributed by atoms with Crippen molar-refractivity contribution in [1.29, 1.82) is 0 Å². The van der Waals surface area contributed by atoms with E-state index in [-0.39, 0.29) is 24.0 Å². The molecule has 2 aromatic carbocycles. The molecule has 0 amide bonds. The molecule has 3 aromatic rings. The molecule has 7 heteroatoms. The highest BCUT2D eigenvalue weighted by atomic mass is 35.5. The van der Waals surface area contributed by atoms with Crippen molar-refractivity contribution in [2.75, 3.05) is 5.43 Å². The maximum atomic E-state index is 12.7. The number of aryl methyl sites for hydroxylation is 2. The number of halogens is 3. The van der Waals surface area contributed by atoms with Crippen molar-refractivity contribution in [2.45, 2.75) is 13.8 Å². The summed E-state index contributed by atoms with van der Waals surface area (Å²) in [6.45, 7) is 3.91. The van der Waals surface area contributed by atoms with Crippen molar-refractivity contribution < 1.29 is 8.78 Å². The lowest BCUT2D eigenvalue weighted by Crippen LogP contribution is -2.05. The Morgan fingerprint density at radius 3 is 1.83 bits per heavy atom. The number of nitrogen functional groups attached to an aromatic ring is 1. The van der Waals surface area contributed by atoms with Gasteiger partial charge in [0.15, 0.2) is 0 Å². The number of hydrazine groups is 1. The van der Waals surface area contributed by atoms with Crippen LogP contribution in [-0.4, -0.2) is 9.78 Å². The summed E-state index contributed by atoms with van der Waals surface area (Å²) >= 11 is 0. The number of nitrogens with zero attached hydrogens (tertiary/aromatic N) is 2. The Bertz CT molecular complexity index is 755. The summed E-state index contributed by atoms with van der Waals surface area (Å²) in [5.41, 5.74) is 5.99. The number of nitrogens with two attached hydrogens (primary N) is 1. The largest absolute Gasteiger partial charge is 0.324 e. The summed E-state index contributed by atoms with van der Waals surface area (Å²) < 4.78 is 26.6. The van der Waals surface area contributed by atoms with Crippen LogP contribution in [0.15, 0.2) is 54.6 Å². The van der Waals surface area contributed by atoms with Gasteiger partial charge in [-0.2, -0.15) is 5.10 Å². The zero-order chi connectivity index (χ0) is 16.8. The van der Waals surface area contributed by atoms with Gasteiger partial charge in [-0.05, 0) is 68.4 Å². The molecular weight excluding hydrogens is 334 g/mol. The quantitative estimate of drug-likeness (QED) is 0.538. The van der Waals surface area contributed by atoms with Gasteiger partial charge in [0.05, 0.1) is 11.4 Å². The van der Waals surface area contributed by atoms with Crippen LogP contribution < -0.4 is 11.3 Å². The number of aromatic nitrogens is 2. The molecule has 0 aliphatic rings. The Balaban J connectivity index is 0.000000252. The molecule has 1 heterocycles. The molecule has 4 nitrogen and oxygen atoms in total. The molecule has 0 unspecified atom stereocenters. The van der Waals surface area contributed by atoms with E-state index in [2.05, 4.69) is 10.5 Å². The minimum Gasteiger partial charge on any atom is -0.324 e. The summed E-state index contributed by atoms with van der Waals surface area (Å²) in [5.74, 6) is 4.55. The van der Waals surface area contributed by atoms with Gasteiger partial charge in [0.2, 0.25) is 0 Å². The van der Waals surface area contributed by atoms with E-state index in [1.165, 1.54) is 24.3 Å². The molecule has 0 spiro atoms. The fraction of sp³-hybridized carbons (Fsp3) is 0.118. The van der Waals surface area contributed by atoms with Gasteiger partial charge in [-0.3, -0.25) is 5.84 Å². The number of nitrogens with one attached hydrogen (secondary N) is 1. The van der Waals surface area contributed by atoms with Crippen molar-refractivity contribution in [1.82, 2.24) is 9.78 Å². The maximum Gasteiger partial charge on any atom is 0.123 e. The number of hydrogen-bond donors (Lipinski definition) is 2. The second kappa shape index (κ2) is 9.00. The van der Waals surface area contributed by atoms with Crippen LogP contribution in [0.2, 0.25) is 0 Å². The monoisotopic (exact) mass is 352 g/mol. The van der Waals surface area contributed by atoms with Gasteiger partial charge in [0, 0.05) is 11.4 Å². The average molecular weight is 353 g/mol. The molecule has 0 fully saturated rings. The molecule has 0 radical (unpaired) electrons. The van der Waals surface area contributed by atoms with Crippen molar-refractivity contribution in [3.63, 3.8) is 0 Å². The van der Waals surface area contributed by atoms with Crippen LogP contribution in [-0.2, 0) is 0 Å². The predicted molar refractivity (Wildman–Crippen MR) is 94.5 cm³/mol.